The molecule has 1 atom stereocenters. The Morgan fingerprint density at radius 2 is 2.20 bits per heavy atom. The van der Waals surface area contributed by atoms with Gasteiger partial charge < -0.3 is 15.0 Å². The van der Waals surface area contributed by atoms with Gasteiger partial charge in [-0.3, -0.25) is 0 Å². The molecule has 0 aliphatic heterocycles. The third kappa shape index (κ3) is 3.36. The molecule has 2 N–H and O–H groups in total. The topological polar surface area (TPSA) is 78.4 Å². The number of nitrogens with zero attached hydrogens (tertiary/aromatic N) is 1. The number of rotatable bonds is 2. The third-order valence-electron chi connectivity index (χ3n) is 1.59. The lowest BCUT2D eigenvalue weighted by Crippen LogP contribution is -2.24. The Hall–Kier alpha value is -1.36. The number of aromatic nitrogens is 1. The van der Waals surface area contributed by atoms with Gasteiger partial charge >= 0.3 is 5.97 Å². The van der Waals surface area contributed by atoms with Crippen molar-refractivity contribution in [3.8, 4) is 0 Å². The Morgan fingerprint density at radius 1 is 1.60 bits per heavy atom. The average molecular weight is 212 g/mol. The van der Waals surface area contributed by atoms with E-state index < -0.39 is 11.6 Å². The van der Waals surface area contributed by atoms with E-state index in [1.807, 2.05) is 0 Å². The molecule has 0 fully saturated rings. The summed E-state index contributed by atoms with van der Waals surface area (Å²) in [7, 11) is 0. The van der Waals surface area contributed by atoms with Crippen molar-refractivity contribution in [3.63, 3.8) is 0 Å². The molecule has 5 nitrogen and oxygen atoms in total. The number of nitrogens with two attached hydrogens (primary N) is 1. The zero-order chi connectivity index (χ0) is 11.6. The van der Waals surface area contributed by atoms with Crippen molar-refractivity contribution in [1.29, 1.82) is 0 Å². The fourth-order valence-corrected chi connectivity index (χ4v) is 0.930. The summed E-state index contributed by atoms with van der Waals surface area (Å²) >= 11 is 0. The second kappa shape index (κ2) is 4.02. The van der Waals surface area contributed by atoms with Gasteiger partial charge in [0.2, 0.25) is 0 Å². The minimum atomic E-state index is -0.537. The molecule has 0 radical (unpaired) electrons. The predicted molar refractivity (Wildman–Crippen MR) is 54.3 cm³/mol. The van der Waals surface area contributed by atoms with Crippen LogP contribution in [-0.4, -0.2) is 16.7 Å². The third-order valence-corrected chi connectivity index (χ3v) is 1.59. The van der Waals surface area contributed by atoms with Crippen LogP contribution in [-0.2, 0) is 4.74 Å². The van der Waals surface area contributed by atoms with Crippen molar-refractivity contribution < 1.29 is 14.1 Å². The summed E-state index contributed by atoms with van der Waals surface area (Å²) < 4.78 is 10.0. The van der Waals surface area contributed by atoms with Crippen molar-refractivity contribution in [3.05, 3.63) is 17.5 Å². The van der Waals surface area contributed by atoms with E-state index in [2.05, 4.69) is 5.16 Å². The highest BCUT2D eigenvalue weighted by Crippen LogP contribution is 2.15. The lowest BCUT2D eigenvalue weighted by Gasteiger charge is -2.18. The fourth-order valence-electron chi connectivity index (χ4n) is 0.930. The van der Waals surface area contributed by atoms with Crippen LogP contribution in [0.2, 0.25) is 0 Å². The summed E-state index contributed by atoms with van der Waals surface area (Å²) in [5.74, 6) is -0.0333. The van der Waals surface area contributed by atoms with Gasteiger partial charge in [-0.25, -0.2) is 4.79 Å². The minimum Gasteiger partial charge on any atom is -0.455 e. The Kier molecular flexibility index (Phi) is 3.14. The van der Waals surface area contributed by atoms with Gasteiger partial charge in [-0.1, -0.05) is 5.16 Å². The molecule has 1 unspecified atom stereocenters. The van der Waals surface area contributed by atoms with E-state index in [9.17, 15) is 4.79 Å². The Morgan fingerprint density at radius 3 is 2.60 bits per heavy atom. The Labute approximate surface area is 88.6 Å². The highest BCUT2D eigenvalue weighted by molar-refractivity contribution is 5.87. The van der Waals surface area contributed by atoms with Gasteiger partial charge in [0.25, 0.3) is 0 Å². The maximum atomic E-state index is 11.5. The van der Waals surface area contributed by atoms with Gasteiger partial charge in [0.1, 0.15) is 5.60 Å². The number of hydrogen-bond acceptors (Lipinski definition) is 5. The molecule has 15 heavy (non-hydrogen) atoms. The van der Waals surface area contributed by atoms with E-state index in [1.165, 1.54) is 6.07 Å². The largest absolute Gasteiger partial charge is 0.455 e. The van der Waals surface area contributed by atoms with Gasteiger partial charge in [0.05, 0.1) is 6.04 Å². The summed E-state index contributed by atoms with van der Waals surface area (Å²) in [5, 5.41) is 3.59. The standard InChI is InChI=1S/C10H16N2O3/c1-6(11)8-5-7(12-15-8)9(13)14-10(2,3)4/h5-6H,11H2,1-4H3. The fraction of sp³-hybridized carbons (Fsp3) is 0.600. The molecule has 0 saturated carbocycles. The maximum absolute atomic E-state index is 11.5. The summed E-state index contributed by atoms with van der Waals surface area (Å²) in [6.07, 6.45) is 0. The second-order valence-electron chi connectivity index (χ2n) is 4.41. The number of ether oxygens (including phenoxy) is 1. The zero-order valence-electron chi connectivity index (χ0n) is 9.40. The predicted octanol–water partition coefficient (Wildman–Crippen LogP) is 1.65. The summed E-state index contributed by atoms with van der Waals surface area (Å²) in [6.45, 7) is 7.12. The first-order valence-electron chi connectivity index (χ1n) is 4.75. The molecule has 0 bridgehead atoms. The van der Waals surface area contributed by atoms with Crippen molar-refractivity contribution in [2.75, 3.05) is 0 Å². The molecule has 0 spiro atoms. The molecule has 0 aromatic carbocycles. The van der Waals surface area contributed by atoms with Crippen LogP contribution < -0.4 is 5.73 Å². The molecule has 1 aromatic rings. The Bertz CT molecular complexity index is 350. The van der Waals surface area contributed by atoms with Crippen molar-refractivity contribution in [1.82, 2.24) is 5.16 Å². The zero-order valence-corrected chi connectivity index (χ0v) is 9.40. The molecule has 0 aliphatic rings. The van der Waals surface area contributed by atoms with Gasteiger partial charge in [-0.15, -0.1) is 0 Å². The quantitative estimate of drug-likeness (QED) is 0.754. The normalized spacial score (nSPS) is 13.7. The van der Waals surface area contributed by atoms with E-state index in [-0.39, 0.29) is 11.7 Å². The number of esters is 1. The SMILES string of the molecule is CC(N)c1cc(C(=O)OC(C)(C)C)no1. The second-order valence-corrected chi connectivity index (χ2v) is 4.41. The first-order chi connectivity index (χ1) is 6.79. The molecule has 84 valence electrons. The van der Waals surface area contributed by atoms with Crippen LogP contribution in [0.25, 0.3) is 0 Å². The molecule has 1 aromatic heterocycles. The number of hydrogen-bond donors (Lipinski definition) is 1. The minimum absolute atomic E-state index is 0.150. The lowest BCUT2D eigenvalue weighted by atomic mass is 10.2. The molecule has 0 aliphatic carbocycles. The van der Waals surface area contributed by atoms with Crippen molar-refractivity contribution in [2.24, 2.45) is 5.73 Å². The molecule has 0 saturated heterocycles. The molecular formula is C10H16N2O3. The summed E-state index contributed by atoms with van der Waals surface area (Å²) in [5.41, 5.74) is 5.18. The van der Waals surface area contributed by atoms with Gasteiger partial charge in [-0.2, -0.15) is 0 Å². The van der Waals surface area contributed by atoms with Crippen LogP contribution in [0.15, 0.2) is 10.6 Å². The first-order valence-corrected chi connectivity index (χ1v) is 4.75. The first kappa shape index (κ1) is 11.7. The molecule has 1 heterocycles. The van der Waals surface area contributed by atoms with Crippen LogP contribution in [0.3, 0.4) is 0 Å². The molecule has 0 amide bonds. The highest BCUT2D eigenvalue weighted by Gasteiger charge is 2.21. The van der Waals surface area contributed by atoms with Gasteiger partial charge in [0.15, 0.2) is 11.5 Å². The van der Waals surface area contributed by atoms with Crippen molar-refractivity contribution in [2.45, 2.75) is 39.3 Å². The smallest absolute Gasteiger partial charge is 0.361 e. The average Bonchev–Trinajstić information content (AvgIpc) is 2.47. The van der Waals surface area contributed by atoms with E-state index in [4.69, 9.17) is 15.0 Å². The van der Waals surface area contributed by atoms with E-state index >= 15 is 0 Å². The van der Waals surface area contributed by atoms with Crippen LogP contribution in [0.5, 0.6) is 0 Å². The lowest BCUT2D eigenvalue weighted by molar-refractivity contribution is 0.00587. The van der Waals surface area contributed by atoms with Crippen LogP contribution in [0.1, 0.15) is 50.0 Å². The molecular weight excluding hydrogens is 196 g/mol. The van der Waals surface area contributed by atoms with Crippen LogP contribution in [0, 0.1) is 0 Å². The number of carbonyl (C=O) groups excluding carboxylic acids is 1. The van der Waals surface area contributed by atoms with E-state index in [0.29, 0.717) is 5.76 Å². The van der Waals surface area contributed by atoms with Gasteiger partial charge in [0, 0.05) is 6.07 Å². The summed E-state index contributed by atoms with van der Waals surface area (Å²) in [4.78, 5) is 11.5. The highest BCUT2D eigenvalue weighted by atomic mass is 16.6. The summed E-state index contributed by atoms with van der Waals surface area (Å²) in [6, 6.07) is 1.22. The van der Waals surface area contributed by atoms with E-state index in [0.717, 1.165) is 0 Å². The Balaban J connectivity index is 2.75. The molecule has 5 heteroatoms. The van der Waals surface area contributed by atoms with Gasteiger partial charge in [-0.05, 0) is 27.7 Å². The monoisotopic (exact) mass is 212 g/mol. The van der Waals surface area contributed by atoms with Crippen molar-refractivity contribution >= 4 is 5.97 Å². The number of carbonyl (C=O) groups is 1. The van der Waals surface area contributed by atoms with Crippen LogP contribution in [0.4, 0.5) is 0 Å². The maximum Gasteiger partial charge on any atom is 0.361 e. The van der Waals surface area contributed by atoms with Crippen LogP contribution >= 0.6 is 0 Å². The molecule has 1 rings (SSSR count). The van der Waals surface area contributed by atoms with E-state index in [1.54, 1.807) is 27.7 Å².